The van der Waals surface area contributed by atoms with E-state index >= 15 is 4.39 Å². The average Bonchev–Trinajstić information content (AvgIpc) is 3.09. The van der Waals surface area contributed by atoms with Crippen molar-refractivity contribution in [1.82, 2.24) is 14.4 Å². The number of hydroxylamine groups is 1. The lowest BCUT2D eigenvalue weighted by atomic mass is 9.98. The normalized spacial score (nSPS) is 24.3. The molecule has 1 aromatic carbocycles. The molecule has 1 saturated heterocycles. The molecule has 208 valence electrons. The van der Waals surface area contributed by atoms with Crippen molar-refractivity contribution >= 4 is 25.7 Å². The summed E-state index contributed by atoms with van der Waals surface area (Å²) in [4.78, 5) is 44.4. The molecule has 1 aliphatic heterocycles. The highest BCUT2D eigenvalue weighted by molar-refractivity contribution is 7.36. The molecule has 6 atom stereocenters. The zero-order valence-electron chi connectivity index (χ0n) is 20.9. The number of nitrogens with zero attached hydrogens (tertiary/aromatic N) is 2. The zero-order valence-corrected chi connectivity index (χ0v) is 22.6. The summed E-state index contributed by atoms with van der Waals surface area (Å²) in [6, 6.07) is 5.72. The van der Waals surface area contributed by atoms with Gasteiger partial charge in [-0.05, 0) is 44.5 Å². The molecule has 0 radical (unpaired) electrons. The first kappa shape index (κ1) is 29.9. The van der Waals surface area contributed by atoms with E-state index in [-0.39, 0.29) is 12.4 Å². The monoisotopic (exact) mass is 576 g/mol. The van der Waals surface area contributed by atoms with E-state index in [9.17, 15) is 24.1 Å². The number of aromatic amines is 1. The van der Waals surface area contributed by atoms with Crippen molar-refractivity contribution in [3.05, 3.63) is 62.4 Å². The lowest BCUT2D eigenvalue weighted by Gasteiger charge is -2.24. The van der Waals surface area contributed by atoms with E-state index in [1.165, 1.54) is 31.2 Å². The van der Waals surface area contributed by atoms with Gasteiger partial charge in [-0.1, -0.05) is 24.9 Å². The molecule has 0 bridgehead atoms. The minimum absolute atomic E-state index is 0.141. The van der Waals surface area contributed by atoms with E-state index in [0.29, 0.717) is 11.4 Å². The van der Waals surface area contributed by atoms with Gasteiger partial charge in [0.1, 0.15) is 18.8 Å². The molecule has 2 aromatic rings. The van der Waals surface area contributed by atoms with E-state index in [0.717, 1.165) is 35.0 Å². The standard InChI is InChI=1S/C23H28ClFN3O9P/c1-4-5-12-34-20(31)14(2)28(38(33)37-16-8-6-15(24)7-9-16)35-13-17-19(30)23(3,25)21(36-17)27-11-10-18(29)26-22(27)32/h6-11,14,17,19,21,30H,4-5,12-13H2,1-3H3/p+1/t14?,17-,19-,21-,23-/m1/s1. The first-order chi connectivity index (χ1) is 17.9. The topological polar surface area (TPSA) is 149 Å². The molecular formula is C23H29ClFN3O9P+. The van der Waals surface area contributed by atoms with Crippen LogP contribution in [-0.2, 0) is 23.7 Å². The predicted molar refractivity (Wildman–Crippen MR) is 134 cm³/mol. The van der Waals surface area contributed by atoms with Crippen LogP contribution in [0.25, 0.3) is 0 Å². The Kier molecular flexibility index (Phi) is 10.2. The minimum atomic E-state index is -2.85. The van der Waals surface area contributed by atoms with Crippen LogP contribution in [0.2, 0.25) is 5.02 Å². The Morgan fingerprint density at radius 3 is 2.66 bits per heavy atom. The van der Waals surface area contributed by atoms with Gasteiger partial charge in [0, 0.05) is 21.9 Å². The van der Waals surface area contributed by atoms with E-state index in [4.69, 9.17) is 30.4 Å². The van der Waals surface area contributed by atoms with Gasteiger partial charge in [-0.25, -0.2) is 13.7 Å². The highest BCUT2D eigenvalue weighted by Crippen LogP contribution is 2.41. The SMILES string of the molecule is CCCCOC(=O)C(C)N(OC[C@H]1O[C@@H](n2ccc(=O)[nH]c2=O)[C@](C)(F)[C@@H]1O)[P+](=O)Oc1ccc(Cl)cc1. The molecule has 0 amide bonds. The Morgan fingerprint density at radius 2 is 2.03 bits per heavy atom. The van der Waals surface area contributed by atoms with Crippen LogP contribution in [0.3, 0.4) is 0 Å². The second-order valence-corrected chi connectivity index (χ2v) is 10.2. The van der Waals surface area contributed by atoms with Gasteiger partial charge in [-0.15, -0.1) is 0 Å². The number of unbranched alkanes of at least 4 members (excludes halogenated alkanes) is 1. The molecule has 1 aromatic heterocycles. The summed E-state index contributed by atoms with van der Waals surface area (Å²) < 4.78 is 45.5. The van der Waals surface area contributed by atoms with Crippen LogP contribution in [0, 0.1) is 0 Å². The molecule has 0 spiro atoms. The molecular weight excluding hydrogens is 548 g/mol. The van der Waals surface area contributed by atoms with Crippen molar-refractivity contribution < 1.29 is 37.7 Å². The number of ether oxygens (including phenoxy) is 2. The fraction of sp³-hybridized carbons (Fsp3) is 0.522. The van der Waals surface area contributed by atoms with Gasteiger partial charge >= 0.3 is 19.8 Å². The molecule has 12 nitrogen and oxygen atoms in total. The molecule has 0 saturated carbocycles. The lowest BCUT2D eigenvalue weighted by Crippen LogP contribution is -2.44. The average molecular weight is 577 g/mol. The molecule has 2 N–H and O–H groups in total. The summed E-state index contributed by atoms with van der Waals surface area (Å²) in [7, 11) is -2.85. The second kappa shape index (κ2) is 12.9. The summed E-state index contributed by atoms with van der Waals surface area (Å²) in [6.45, 7) is 3.88. The molecule has 15 heteroatoms. The van der Waals surface area contributed by atoms with E-state index < -0.39 is 62.2 Å². The van der Waals surface area contributed by atoms with Crippen molar-refractivity contribution in [2.45, 2.75) is 63.8 Å². The first-order valence-electron chi connectivity index (χ1n) is 11.8. The zero-order chi connectivity index (χ0) is 28.0. The number of nitrogens with one attached hydrogen (secondary N) is 1. The van der Waals surface area contributed by atoms with Gasteiger partial charge in [0.25, 0.3) is 5.56 Å². The number of hydrogen-bond donors (Lipinski definition) is 2. The number of carbonyl (C=O) groups excluding carboxylic acids is 1. The Labute approximate surface area is 223 Å². The van der Waals surface area contributed by atoms with Crippen LogP contribution < -0.4 is 15.8 Å². The molecule has 38 heavy (non-hydrogen) atoms. The van der Waals surface area contributed by atoms with Crippen molar-refractivity contribution in [1.29, 1.82) is 0 Å². The van der Waals surface area contributed by atoms with Crippen LogP contribution in [0.1, 0.15) is 39.8 Å². The third-order valence-electron chi connectivity index (χ3n) is 5.76. The third-order valence-corrected chi connectivity index (χ3v) is 7.17. The first-order valence-corrected chi connectivity index (χ1v) is 13.3. The number of alkyl halides is 1. The van der Waals surface area contributed by atoms with Gasteiger partial charge in [0.2, 0.25) is 0 Å². The van der Waals surface area contributed by atoms with Crippen LogP contribution in [0.4, 0.5) is 4.39 Å². The largest absolute Gasteiger partial charge is 0.693 e. The summed E-state index contributed by atoms with van der Waals surface area (Å²) in [5.74, 6) is -0.580. The summed E-state index contributed by atoms with van der Waals surface area (Å²) in [6.07, 6.45) is -2.33. The van der Waals surface area contributed by atoms with Crippen molar-refractivity contribution in [3.63, 3.8) is 0 Å². The maximum atomic E-state index is 15.5. The molecule has 1 aliphatic rings. The summed E-state index contributed by atoms with van der Waals surface area (Å²) in [5, 5.41) is 11.0. The second-order valence-electron chi connectivity index (χ2n) is 8.72. The maximum Gasteiger partial charge on any atom is 0.693 e. The molecule has 3 rings (SSSR count). The summed E-state index contributed by atoms with van der Waals surface area (Å²) in [5.41, 5.74) is -4.11. The minimum Gasteiger partial charge on any atom is -0.464 e. The van der Waals surface area contributed by atoms with Gasteiger partial charge < -0.3 is 14.6 Å². The highest BCUT2D eigenvalue weighted by Gasteiger charge is 2.56. The van der Waals surface area contributed by atoms with Crippen molar-refractivity contribution in [3.8, 4) is 5.75 Å². The lowest BCUT2D eigenvalue weighted by molar-refractivity contribution is -0.181. The smallest absolute Gasteiger partial charge is 0.464 e. The molecule has 0 aliphatic carbocycles. The van der Waals surface area contributed by atoms with Gasteiger partial charge in [0.15, 0.2) is 23.7 Å². The number of halogens is 2. The van der Waals surface area contributed by atoms with Gasteiger partial charge in [0.05, 0.1) is 11.4 Å². The fourth-order valence-electron chi connectivity index (χ4n) is 3.57. The number of carbonyl (C=O) groups is 1. The Bertz CT molecular complexity index is 1240. The number of benzene rings is 1. The molecule has 1 fully saturated rings. The summed E-state index contributed by atoms with van der Waals surface area (Å²) >= 11 is 5.86. The number of H-pyrrole nitrogens is 1. The van der Waals surface area contributed by atoms with E-state index in [2.05, 4.69) is 0 Å². The quantitative estimate of drug-likeness (QED) is 0.167. The highest BCUT2D eigenvalue weighted by atomic mass is 35.5. The number of aromatic nitrogens is 2. The Balaban J connectivity index is 1.78. The Morgan fingerprint density at radius 1 is 1.34 bits per heavy atom. The maximum absolute atomic E-state index is 15.5. The van der Waals surface area contributed by atoms with Gasteiger partial charge in [-0.3, -0.25) is 24.0 Å². The van der Waals surface area contributed by atoms with E-state index in [1.54, 1.807) is 0 Å². The van der Waals surface area contributed by atoms with Gasteiger partial charge in [-0.2, -0.15) is 0 Å². The predicted octanol–water partition coefficient (Wildman–Crippen LogP) is 2.88. The number of hydrogen-bond acceptors (Lipinski definition) is 9. The van der Waals surface area contributed by atoms with Crippen molar-refractivity contribution in [2.24, 2.45) is 0 Å². The van der Waals surface area contributed by atoms with Crippen molar-refractivity contribution in [2.75, 3.05) is 13.2 Å². The number of esters is 1. The number of aliphatic hydroxyl groups excluding tert-OH is 1. The molecule has 2 heterocycles. The van der Waals surface area contributed by atoms with Crippen LogP contribution >= 0.6 is 19.8 Å². The number of rotatable bonds is 12. The van der Waals surface area contributed by atoms with Crippen LogP contribution in [0.15, 0.2) is 46.1 Å². The third kappa shape index (κ3) is 7.04. The Hall–Kier alpha value is -2.67. The number of aliphatic hydroxyl groups is 1. The van der Waals surface area contributed by atoms with Crippen LogP contribution in [-0.4, -0.2) is 62.6 Å². The molecule has 2 unspecified atom stereocenters. The van der Waals surface area contributed by atoms with Crippen LogP contribution in [0.5, 0.6) is 5.75 Å². The fourth-order valence-corrected chi connectivity index (χ4v) is 4.61. The van der Waals surface area contributed by atoms with E-state index in [1.807, 2.05) is 11.9 Å².